The van der Waals surface area contributed by atoms with Crippen molar-refractivity contribution in [3.63, 3.8) is 0 Å². The quantitative estimate of drug-likeness (QED) is 0.462. The van der Waals surface area contributed by atoms with E-state index in [0.717, 1.165) is 5.56 Å². The predicted molar refractivity (Wildman–Crippen MR) is 90.7 cm³/mol. The van der Waals surface area contributed by atoms with Gasteiger partial charge in [-0.15, -0.1) is 0 Å². The third kappa shape index (κ3) is 4.01. The van der Waals surface area contributed by atoms with Gasteiger partial charge < -0.3 is 14.2 Å². The van der Waals surface area contributed by atoms with E-state index in [-0.39, 0.29) is 5.78 Å². The van der Waals surface area contributed by atoms with E-state index in [1.54, 1.807) is 48.5 Å². The van der Waals surface area contributed by atoms with Crippen molar-refractivity contribution in [1.29, 1.82) is 0 Å². The molecule has 0 aliphatic carbocycles. The lowest BCUT2D eigenvalue weighted by molar-refractivity contribution is 0.0600. The Labute approximate surface area is 140 Å². The molecule has 0 spiro atoms. The summed E-state index contributed by atoms with van der Waals surface area (Å²) in [4.78, 5) is 23.6. The highest BCUT2D eigenvalue weighted by molar-refractivity contribution is 6.07. The summed E-state index contributed by atoms with van der Waals surface area (Å²) in [5, 5.41) is 0. The molecule has 0 aliphatic rings. The molecule has 0 amide bonds. The first kappa shape index (κ1) is 17.3. The standard InChI is InChI=1S/C19H18O5/c1-22-17-11-9-15(12-18(17)23-2)16(20)10-6-13-4-7-14(8-5-13)19(21)24-3/h4-12H,1-3H3/b10-6-. The van der Waals surface area contributed by atoms with Crippen LogP contribution in [0.4, 0.5) is 0 Å². The molecule has 0 radical (unpaired) electrons. The normalized spacial score (nSPS) is 10.5. The number of carbonyl (C=O) groups excluding carboxylic acids is 2. The Morgan fingerprint density at radius 2 is 1.46 bits per heavy atom. The highest BCUT2D eigenvalue weighted by Gasteiger charge is 2.08. The van der Waals surface area contributed by atoms with Gasteiger partial charge in [0, 0.05) is 5.56 Å². The second-order valence-corrected chi connectivity index (χ2v) is 4.88. The molecule has 0 N–H and O–H groups in total. The van der Waals surface area contributed by atoms with Gasteiger partial charge in [-0.2, -0.15) is 0 Å². The highest BCUT2D eigenvalue weighted by atomic mass is 16.5. The van der Waals surface area contributed by atoms with Crippen molar-refractivity contribution in [1.82, 2.24) is 0 Å². The first-order chi connectivity index (χ1) is 11.6. The van der Waals surface area contributed by atoms with Gasteiger partial charge in [0.1, 0.15) is 0 Å². The Morgan fingerprint density at radius 3 is 2.04 bits per heavy atom. The third-order valence-corrected chi connectivity index (χ3v) is 3.43. The number of carbonyl (C=O) groups is 2. The second kappa shape index (κ2) is 7.97. The van der Waals surface area contributed by atoms with Crippen LogP contribution in [0, 0.1) is 0 Å². The lowest BCUT2D eigenvalue weighted by Gasteiger charge is -2.08. The van der Waals surface area contributed by atoms with E-state index in [0.29, 0.717) is 22.6 Å². The number of methoxy groups -OCH3 is 3. The molecule has 0 aromatic heterocycles. The molecule has 5 heteroatoms. The third-order valence-electron chi connectivity index (χ3n) is 3.43. The van der Waals surface area contributed by atoms with Crippen molar-refractivity contribution in [2.45, 2.75) is 0 Å². The molecule has 24 heavy (non-hydrogen) atoms. The number of esters is 1. The van der Waals surface area contributed by atoms with Crippen LogP contribution in [0.25, 0.3) is 6.08 Å². The van der Waals surface area contributed by atoms with E-state index in [1.807, 2.05) is 0 Å². The summed E-state index contributed by atoms with van der Waals surface area (Å²) < 4.78 is 15.0. The van der Waals surface area contributed by atoms with Crippen molar-refractivity contribution in [3.05, 3.63) is 65.2 Å². The maximum atomic E-state index is 12.2. The summed E-state index contributed by atoms with van der Waals surface area (Å²) in [5.41, 5.74) is 1.76. The van der Waals surface area contributed by atoms with E-state index >= 15 is 0 Å². The Bertz CT molecular complexity index is 760. The lowest BCUT2D eigenvalue weighted by Crippen LogP contribution is -2.00. The monoisotopic (exact) mass is 326 g/mol. The Morgan fingerprint density at radius 1 is 0.833 bits per heavy atom. The average molecular weight is 326 g/mol. The van der Waals surface area contributed by atoms with Crippen LogP contribution in [0.5, 0.6) is 11.5 Å². The van der Waals surface area contributed by atoms with Crippen molar-refractivity contribution in [2.24, 2.45) is 0 Å². The second-order valence-electron chi connectivity index (χ2n) is 4.88. The number of ketones is 1. The van der Waals surface area contributed by atoms with E-state index in [1.165, 1.54) is 27.4 Å². The molecular weight excluding hydrogens is 308 g/mol. The van der Waals surface area contributed by atoms with Crippen LogP contribution in [-0.2, 0) is 4.74 Å². The van der Waals surface area contributed by atoms with E-state index in [2.05, 4.69) is 4.74 Å². The number of ether oxygens (including phenoxy) is 3. The molecule has 0 heterocycles. The Kier molecular flexibility index (Phi) is 5.73. The molecule has 2 aromatic rings. The van der Waals surface area contributed by atoms with Crippen molar-refractivity contribution in [3.8, 4) is 11.5 Å². The minimum absolute atomic E-state index is 0.159. The molecule has 0 fully saturated rings. The maximum Gasteiger partial charge on any atom is 0.337 e. The van der Waals surface area contributed by atoms with Crippen LogP contribution in [0.1, 0.15) is 26.3 Å². The van der Waals surface area contributed by atoms with Crippen LogP contribution >= 0.6 is 0 Å². The van der Waals surface area contributed by atoms with Crippen LogP contribution in [-0.4, -0.2) is 33.1 Å². The van der Waals surface area contributed by atoms with Gasteiger partial charge in [0.2, 0.25) is 0 Å². The van der Waals surface area contributed by atoms with Gasteiger partial charge in [-0.1, -0.05) is 18.2 Å². The minimum Gasteiger partial charge on any atom is -0.493 e. The van der Waals surface area contributed by atoms with E-state index in [9.17, 15) is 9.59 Å². The van der Waals surface area contributed by atoms with Gasteiger partial charge in [-0.25, -0.2) is 4.79 Å². The average Bonchev–Trinajstić information content (AvgIpc) is 2.65. The summed E-state index contributed by atoms with van der Waals surface area (Å²) in [7, 11) is 4.39. The van der Waals surface area contributed by atoms with Gasteiger partial charge in [-0.05, 0) is 42.0 Å². The zero-order valence-corrected chi connectivity index (χ0v) is 13.7. The van der Waals surface area contributed by atoms with Gasteiger partial charge in [-0.3, -0.25) is 4.79 Å². The first-order valence-corrected chi connectivity index (χ1v) is 7.22. The molecule has 0 bridgehead atoms. The summed E-state index contributed by atoms with van der Waals surface area (Å²) in [6.45, 7) is 0. The number of hydrogen-bond donors (Lipinski definition) is 0. The molecule has 0 unspecified atom stereocenters. The Hall–Kier alpha value is -3.08. The number of allylic oxidation sites excluding steroid dienone is 1. The predicted octanol–water partition coefficient (Wildman–Crippen LogP) is 3.39. The largest absolute Gasteiger partial charge is 0.493 e. The molecular formula is C19H18O5. The smallest absolute Gasteiger partial charge is 0.337 e. The van der Waals surface area contributed by atoms with E-state index < -0.39 is 5.97 Å². The number of benzene rings is 2. The topological polar surface area (TPSA) is 61.8 Å². The lowest BCUT2D eigenvalue weighted by atomic mass is 10.1. The Balaban J connectivity index is 2.14. The molecule has 0 aliphatic heterocycles. The van der Waals surface area contributed by atoms with Gasteiger partial charge in [0.05, 0.1) is 26.9 Å². The fourth-order valence-electron chi connectivity index (χ4n) is 2.11. The first-order valence-electron chi connectivity index (χ1n) is 7.22. The van der Waals surface area contributed by atoms with Crippen LogP contribution < -0.4 is 9.47 Å². The van der Waals surface area contributed by atoms with Crippen molar-refractivity contribution in [2.75, 3.05) is 21.3 Å². The van der Waals surface area contributed by atoms with Crippen molar-refractivity contribution < 1.29 is 23.8 Å². The summed E-state index contributed by atoms with van der Waals surface area (Å²) in [6, 6.07) is 11.8. The molecule has 0 atom stereocenters. The molecule has 0 saturated carbocycles. The van der Waals surface area contributed by atoms with Gasteiger partial charge >= 0.3 is 5.97 Å². The molecule has 0 saturated heterocycles. The molecule has 124 valence electrons. The SMILES string of the molecule is COC(=O)c1ccc(/C=C\C(=O)c2ccc(OC)c(OC)c2)cc1. The summed E-state index contributed by atoms with van der Waals surface area (Å²) >= 11 is 0. The number of rotatable bonds is 6. The van der Waals surface area contributed by atoms with Crippen LogP contribution in [0.2, 0.25) is 0 Å². The van der Waals surface area contributed by atoms with Crippen LogP contribution in [0.3, 0.4) is 0 Å². The van der Waals surface area contributed by atoms with Crippen molar-refractivity contribution >= 4 is 17.8 Å². The van der Waals surface area contributed by atoms with Crippen LogP contribution in [0.15, 0.2) is 48.5 Å². The zero-order chi connectivity index (χ0) is 17.5. The highest BCUT2D eigenvalue weighted by Crippen LogP contribution is 2.27. The fourth-order valence-corrected chi connectivity index (χ4v) is 2.11. The number of hydrogen-bond acceptors (Lipinski definition) is 5. The molecule has 2 aromatic carbocycles. The van der Waals surface area contributed by atoms with E-state index in [4.69, 9.17) is 9.47 Å². The van der Waals surface area contributed by atoms with Gasteiger partial charge in [0.25, 0.3) is 0 Å². The molecule has 5 nitrogen and oxygen atoms in total. The summed E-state index contributed by atoms with van der Waals surface area (Å²) in [6.07, 6.45) is 3.15. The zero-order valence-electron chi connectivity index (χ0n) is 13.7. The minimum atomic E-state index is -0.396. The summed E-state index contributed by atoms with van der Waals surface area (Å²) in [5.74, 6) is 0.510. The maximum absolute atomic E-state index is 12.2. The fraction of sp³-hybridized carbons (Fsp3) is 0.158. The molecule has 2 rings (SSSR count). The van der Waals surface area contributed by atoms with Gasteiger partial charge in [0.15, 0.2) is 17.3 Å².